The van der Waals surface area contributed by atoms with Crippen molar-refractivity contribution in [2.24, 2.45) is 5.92 Å². The number of hydrogen-bond donors (Lipinski definition) is 3. The van der Waals surface area contributed by atoms with Crippen LogP contribution in [0.3, 0.4) is 0 Å². The van der Waals surface area contributed by atoms with E-state index in [1.54, 1.807) is 0 Å². The van der Waals surface area contributed by atoms with Crippen molar-refractivity contribution >= 4 is 34.8 Å². The highest BCUT2D eigenvalue weighted by atomic mass is 32.1. The van der Waals surface area contributed by atoms with E-state index in [4.69, 9.17) is 12.2 Å². The van der Waals surface area contributed by atoms with E-state index in [0.717, 1.165) is 49.1 Å². The highest BCUT2D eigenvalue weighted by Crippen LogP contribution is 2.22. The molecule has 1 fully saturated rings. The summed E-state index contributed by atoms with van der Waals surface area (Å²) in [5.41, 5.74) is 3.74. The van der Waals surface area contributed by atoms with E-state index in [0.29, 0.717) is 17.2 Å². The number of nitrogens with zero attached hydrogens (tertiary/aromatic N) is 1. The molecule has 3 aromatic rings. The van der Waals surface area contributed by atoms with Crippen LogP contribution in [0.4, 0.5) is 10.1 Å². The van der Waals surface area contributed by atoms with Gasteiger partial charge in [-0.1, -0.05) is 12.1 Å². The molecule has 3 N–H and O–H groups in total. The van der Waals surface area contributed by atoms with Crippen molar-refractivity contribution in [3.8, 4) is 0 Å². The number of likely N-dealkylation sites (tertiary alicyclic amines) is 1. The molecule has 146 valence electrons. The number of aromatic amines is 2. The Balaban J connectivity index is 1.26. The molecular formula is C21H23FN4OS. The van der Waals surface area contributed by atoms with Gasteiger partial charge >= 0.3 is 0 Å². The van der Waals surface area contributed by atoms with Crippen LogP contribution in [0.5, 0.6) is 0 Å². The van der Waals surface area contributed by atoms with Crippen molar-refractivity contribution in [3.05, 3.63) is 58.6 Å². The summed E-state index contributed by atoms with van der Waals surface area (Å²) in [4.78, 5) is 20.7. The summed E-state index contributed by atoms with van der Waals surface area (Å²) in [5, 5.41) is 2.96. The summed E-state index contributed by atoms with van der Waals surface area (Å²) >= 11 is 5.09. The first-order valence-corrected chi connectivity index (χ1v) is 9.95. The summed E-state index contributed by atoms with van der Waals surface area (Å²) in [6, 6.07) is 12.4. The van der Waals surface area contributed by atoms with E-state index in [-0.39, 0.29) is 11.7 Å². The van der Waals surface area contributed by atoms with Crippen LogP contribution in [0.1, 0.15) is 18.4 Å². The lowest BCUT2D eigenvalue weighted by molar-refractivity contribution is -0.117. The molecule has 7 heteroatoms. The van der Waals surface area contributed by atoms with Gasteiger partial charge in [-0.3, -0.25) is 9.69 Å². The normalized spacial score (nSPS) is 15.8. The van der Waals surface area contributed by atoms with Crippen LogP contribution in [0, 0.1) is 16.5 Å². The van der Waals surface area contributed by atoms with Crippen LogP contribution < -0.4 is 5.32 Å². The highest BCUT2D eigenvalue weighted by Gasteiger charge is 2.21. The second kappa shape index (κ2) is 8.24. The molecule has 1 amide bonds. The van der Waals surface area contributed by atoms with Crippen molar-refractivity contribution < 1.29 is 9.18 Å². The predicted octanol–water partition coefficient (Wildman–Crippen LogP) is 4.26. The van der Waals surface area contributed by atoms with Gasteiger partial charge in [-0.25, -0.2) is 4.39 Å². The van der Waals surface area contributed by atoms with Crippen molar-refractivity contribution in [3.63, 3.8) is 0 Å². The van der Waals surface area contributed by atoms with E-state index >= 15 is 0 Å². The van der Waals surface area contributed by atoms with Gasteiger partial charge in [0, 0.05) is 5.69 Å². The van der Waals surface area contributed by atoms with Gasteiger partial charge in [0.15, 0.2) is 4.77 Å². The number of carbonyl (C=O) groups is 1. The average molecular weight is 399 g/mol. The number of benzene rings is 2. The Morgan fingerprint density at radius 3 is 2.57 bits per heavy atom. The monoisotopic (exact) mass is 398 g/mol. The second-order valence-electron chi connectivity index (χ2n) is 7.44. The Hall–Kier alpha value is -2.51. The molecular weight excluding hydrogens is 375 g/mol. The first-order chi connectivity index (χ1) is 13.5. The Labute approximate surface area is 168 Å². The van der Waals surface area contributed by atoms with Crippen LogP contribution in [-0.4, -0.2) is 40.4 Å². The minimum absolute atomic E-state index is 0.00883. The Morgan fingerprint density at radius 2 is 1.82 bits per heavy atom. The topological polar surface area (TPSA) is 63.9 Å². The number of rotatable bonds is 5. The maximum Gasteiger partial charge on any atom is 0.238 e. The lowest BCUT2D eigenvalue weighted by atomic mass is 9.90. The van der Waals surface area contributed by atoms with Crippen LogP contribution in [0.2, 0.25) is 0 Å². The maximum atomic E-state index is 13.0. The fourth-order valence-corrected chi connectivity index (χ4v) is 4.04. The van der Waals surface area contributed by atoms with Crippen molar-refractivity contribution in [1.82, 2.24) is 14.9 Å². The number of nitrogens with one attached hydrogen (secondary N) is 3. The first kappa shape index (κ1) is 18.8. The van der Waals surface area contributed by atoms with E-state index < -0.39 is 0 Å². The molecule has 5 nitrogen and oxygen atoms in total. The minimum atomic E-state index is -0.192. The second-order valence-corrected chi connectivity index (χ2v) is 7.85. The van der Waals surface area contributed by atoms with Crippen LogP contribution in [0.25, 0.3) is 11.0 Å². The van der Waals surface area contributed by atoms with E-state index in [1.165, 1.54) is 17.7 Å². The number of piperidine rings is 1. The Kier molecular flexibility index (Phi) is 5.54. The SMILES string of the molecule is O=C(CN1CCC(Cc2ccc(F)cc2)CC1)Nc1ccc2[nH]c(=S)[nH]c2c1. The zero-order chi connectivity index (χ0) is 19.5. The number of aromatic nitrogens is 2. The molecule has 1 aromatic heterocycles. The predicted molar refractivity (Wildman–Crippen MR) is 111 cm³/mol. The molecule has 1 aliphatic heterocycles. The quantitative estimate of drug-likeness (QED) is 0.563. The zero-order valence-electron chi connectivity index (χ0n) is 15.5. The van der Waals surface area contributed by atoms with Gasteiger partial charge in [0.2, 0.25) is 5.91 Å². The molecule has 28 heavy (non-hydrogen) atoms. The number of halogens is 1. The molecule has 4 rings (SSSR count). The van der Waals surface area contributed by atoms with Crippen LogP contribution in [0.15, 0.2) is 42.5 Å². The Morgan fingerprint density at radius 1 is 1.11 bits per heavy atom. The van der Waals surface area contributed by atoms with E-state index in [9.17, 15) is 9.18 Å². The number of amides is 1. The lowest BCUT2D eigenvalue weighted by Crippen LogP contribution is -2.39. The summed E-state index contributed by atoms with van der Waals surface area (Å²) in [5.74, 6) is 0.386. The number of carbonyl (C=O) groups excluding carboxylic acids is 1. The third-order valence-corrected chi connectivity index (χ3v) is 5.52. The molecule has 1 saturated heterocycles. The number of anilines is 1. The van der Waals surface area contributed by atoms with Crippen molar-refractivity contribution in [1.29, 1.82) is 0 Å². The fraction of sp³-hybridized carbons (Fsp3) is 0.333. The third kappa shape index (κ3) is 4.66. The zero-order valence-corrected chi connectivity index (χ0v) is 16.3. The van der Waals surface area contributed by atoms with E-state index in [2.05, 4.69) is 20.2 Å². The molecule has 2 heterocycles. The van der Waals surface area contributed by atoms with Crippen LogP contribution in [-0.2, 0) is 11.2 Å². The fourth-order valence-electron chi connectivity index (χ4n) is 3.82. The largest absolute Gasteiger partial charge is 0.331 e. The van der Waals surface area contributed by atoms with Gasteiger partial charge in [0.05, 0.1) is 17.6 Å². The maximum absolute atomic E-state index is 13.0. The lowest BCUT2D eigenvalue weighted by Gasteiger charge is -2.31. The standard InChI is InChI=1S/C21H23FN4OS/c22-16-3-1-14(2-4-16)11-15-7-9-26(10-8-15)13-20(27)23-17-5-6-18-19(12-17)25-21(28)24-18/h1-6,12,15H,7-11,13H2,(H,23,27)(H2,24,25,28). The smallest absolute Gasteiger partial charge is 0.238 e. The molecule has 2 aromatic carbocycles. The number of fused-ring (bicyclic) bond motifs is 1. The number of hydrogen-bond acceptors (Lipinski definition) is 3. The molecule has 0 unspecified atom stereocenters. The first-order valence-electron chi connectivity index (χ1n) is 9.54. The summed E-state index contributed by atoms with van der Waals surface area (Å²) in [6.45, 7) is 2.21. The van der Waals surface area contributed by atoms with Crippen molar-refractivity contribution in [2.75, 3.05) is 25.0 Å². The summed E-state index contributed by atoms with van der Waals surface area (Å²) in [6.07, 6.45) is 3.07. The van der Waals surface area contributed by atoms with Crippen molar-refractivity contribution in [2.45, 2.75) is 19.3 Å². The van der Waals surface area contributed by atoms with Gasteiger partial charge in [-0.05, 0) is 86.4 Å². The van der Waals surface area contributed by atoms with Gasteiger partial charge in [0.1, 0.15) is 5.82 Å². The molecule has 0 aliphatic carbocycles. The molecule has 1 aliphatic rings. The van der Waals surface area contributed by atoms with Gasteiger partial charge in [-0.2, -0.15) is 0 Å². The summed E-state index contributed by atoms with van der Waals surface area (Å²) in [7, 11) is 0. The third-order valence-electron chi connectivity index (χ3n) is 5.31. The number of imidazole rings is 1. The Bertz CT molecular complexity index is 1020. The molecule has 0 bridgehead atoms. The van der Waals surface area contributed by atoms with E-state index in [1.807, 2.05) is 30.3 Å². The molecule has 0 saturated carbocycles. The minimum Gasteiger partial charge on any atom is -0.331 e. The number of H-pyrrole nitrogens is 2. The van der Waals surface area contributed by atoms with Crippen LogP contribution >= 0.6 is 12.2 Å². The highest BCUT2D eigenvalue weighted by molar-refractivity contribution is 7.71. The molecule has 0 spiro atoms. The summed E-state index contributed by atoms with van der Waals surface area (Å²) < 4.78 is 13.6. The van der Waals surface area contributed by atoms with Gasteiger partial charge < -0.3 is 15.3 Å². The molecule has 0 radical (unpaired) electrons. The average Bonchev–Trinajstić information content (AvgIpc) is 3.04. The molecule has 0 atom stereocenters. The van der Waals surface area contributed by atoms with Gasteiger partial charge in [-0.15, -0.1) is 0 Å². The van der Waals surface area contributed by atoms with Gasteiger partial charge in [0.25, 0.3) is 0 Å².